The summed E-state index contributed by atoms with van der Waals surface area (Å²) in [7, 11) is 0. The summed E-state index contributed by atoms with van der Waals surface area (Å²) in [6, 6.07) is 5.07. The molecule has 1 aromatic carbocycles. The van der Waals surface area contributed by atoms with Crippen LogP contribution in [0, 0.1) is 0 Å². The second kappa shape index (κ2) is 7.26. The minimum Gasteiger partial charge on any atom is -0.395 e. The molecule has 2 rings (SSSR count). The quantitative estimate of drug-likeness (QED) is 0.661. The molecule has 0 atom stereocenters. The van der Waals surface area contributed by atoms with Crippen molar-refractivity contribution in [3.63, 3.8) is 0 Å². The number of nitrogens with one attached hydrogen (secondary N) is 2. The lowest BCUT2D eigenvalue weighted by atomic mass is 10.2. The molecular weight excluding hydrogens is 322 g/mol. The summed E-state index contributed by atoms with van der Waals surface area (Å²) in [5.74, 6) is -1.14. The number of nitrogens with zero attached hydrogens (tertiary/aromatic N) is 1. The monoisotopic (exact) mass is 337 g/mol. The summed E-state index contributed by atoms with van der Waals surface area (Å²) in [5.41, 5.74) is 1.37. The number of benzene rings is 1. The van der Waals surface area contributed by atoms with Crippen LogP contribution in [-0.2, 0) is 20.9 Å². The number of aliphatic hydroxyl groups is 1. The first-order valence-corrected chi connectivity index (χ1v) is 7.28. The van der Waals surface area contributed by atoms with Crippen LogP contribution in [0.3, 0.4) is 0 Å². The first-order valence-electron chi connectivity index (χ1n) is 6.90. The van der Waals surface area contributed by atoms with Gasteiger partial charge in [0.05, 0.1) is 23.9 Å². The second-order valence-corrected chi connectivity index (χ2v) is 5.33. The molecule has 0 aromatic heterocycles. The van der Waals surface area contributed by atoms with E-state index in [9.17, 15) is 14.4 Å². The van der Waals surface area contributed by atoms with Gasteiger partial charge in [0, 0.05) is 19.5 Å². The van der Waals surface area contributed by atoms with Crippen LogP contribution in [0.4, 0.5) is 5.69 Å². The lowest BCUT2D eigenvalue weighted by molar-refractivity contribution is -0.137. The molecule has 0 saturated heterocycles. The molecule has 7 nitrogen and oxygen atoms in total. The van der Waals surface area contributed by atoms with Gasteiger partial charge >= 0.3 is 0 Å². The van der Waals surface area contributed by atoms with Gasteiger partial charge in [0.25, 0.3) is 11.8 Å². The molecule has 0 spiro atoms. The first kappa shape index (κ1) is 17.0. The number of aliphatic hydroxyl groups excluding tert-OH is 1. The van der Waals surface area contributed by atoms with Gasteiger partial charge in [-0.2, -0.15) is 0 Å². The fourth-order valence-electron chi connectivity index (χ4n) is 2.05. The van der Waals surface area contributed by atoms with Crippen molar-refractivity contribution < 1.29 is 19.5 Å². The van der Waals surface area contributed by atoms with Crippen LogP contribution >= 0.6 is 11.6 Å². The maximum absolute atomic E-state index is 12.0. The summed E-state index contributed by atoms with van der Waals surface area (Å²) < 4.78 is 0. The normalized spacial score (nSPS) is 14.0. The van der Waals surface area contributed by atoms with E-state index in [-0.39, 0.29) is 24.8 Å². The highest BCUT2D eigenvalue weighted by Crippen LogP contribution is 2.26. The molecule has 8 heteroatoms. The zero-order valence-corrected chi connectivity index (χ0v) is 13.2. The number of amides is 3. The largest absolute Gasteiger partial charge is 0.395 e. The molecule has 0 radical (unpaired) electrons. The molecule has 3 N–H and O–H groups in total. The Morgan fingerprint density at radius 2 is 2.09 bits per heavy atom. The van der Waals surface area contributed by atoms with Crippen LogP contribution in [0.5, 0.6) is 0 Å². The number of β-amino-alcohol motifs (C(OH)–C–C–N with tert-alkyl or cyclic N) is 1. The average Bonchev–Trinajstić information content (AvgIpc) is 2.75. The highest BCUT2D eigenvalue weighted by molar-refractivity contribution is 6.33. The highest BCUT2D eigenvalue weighted by Gasteiger charge is 2.30. The van der Waals surface area contributed by atoms with Gasteiger partial charge < -0.3 is 15.7 Å². The van der Waals surface area contributed by atoms with Crippen LogP contribution < -0.4 is 10.6 Å². The van der Waals surface area contributed by atoms with Gasteiger partial charge in [-0.1, -0.05) is 17.7 Å². The number of hydrogen-bond donors (Lipinski definition) is 3. The molecule has 0 saturated carbocycles. The Kier molecular flexibility index (Phi) is 5.36. The van der Waals surface area contributed by atoms with Gasteiger partial charge in [-0.3, -0.25) is 19.3 Å². The van der Waals surface area contributed by atoms with Gasteiger partial charge in [-0.25, -0.2) is 0 Å². The van der Waals surface area contributed by atoms with Crippen molar-refractivity contribution in [3.05, 3.63) is 40.6 Å². The van der Waals surface area contributed by atoms with E-state index in [0.717, 1.165) is 10.5 Å². The summed E-state index contributed by atoms with van der Waals surface area (Å²) in [6.07, 6.45) is 1.17. The zero-order valence-electron chi connectivity index (χ0n) is 12.4. The van der Waals surface area contributed by atoms with Crippen molar-refractivity contribution in [3.8, 4) is 0 Å². The van der Waals surface area contributed by atoms with E-state index in [2.05, 4.69) is 10.6 Å². The SMILES string of the molecule is CC(=O)NCc1ccc(NC2=CC(=O)N(CCO)C2=O)c(Cl)c1. The molecule has 0 fully saturated rings. The standard InChI is InChI=1S/C15H16ClN3O4/c1-9(21)17-8-10-2-3-12(11(16)6-10)18-13-7-14(22)19(4-5-20)15(13)23/h2-3,6-7,18,20H,4-5,8H2,1H3,(H,17,21). The highest BCUT2D eigenvalue weighted by atomic mass is 35.5. The number of imide groups is 1. The third kappa shape index (κ3) is 4.08. The van der Waals surface area contributed by atoms with E-state index in [4.69, 9.17) is 16.7 Å². The molecule has 1 aromatic rings. The number of halogens is 1. The Balaban J connectivity index is 2.09. The minimum absolute atomic E-state index is 0.0528. The van der Waals surface area contributed by atoms with E-state index in [1.807, 2.05) is 0 Å². The Morgan fingerprint density at radius 3 is 2.70 bits per heavy atom. The van der Waals surface area contributed by atoms with E-state index in [1.165, 1.54) is 13.0 Å². The molecule has 1 aliphatic rings. The van der Waals surface area contributed by atoms with Crippen molar-refractivity contribution in [2.75, 3.05) is 18.5 Å². The molecule has 3 amide bonds. The van der Waals surface area contributed by atoms with E-state index < -0.39 is 11.8 Å². The van der Waals surface area contributed by atoms with Gasteiger partial charge in [-0.05, 0) is 17.7 Å². The fourth-order valence-corrected chi connectivity index (χ4v) is 2.30. The third-order valence-corrected chi connectivity index (χ3v) is 3.49. The molecule has 122 valence electrons. The van der Waals surface area contributed by atoms with Crippen molar-refractivity contribution in [1.82, 2.24) is 10.2 Å². The predicted molar refractivity (Wildman–Crippen MR) is 84.5 cm³/mol. The molecular formula is C15H16ClN3O4. The minimum atomic E-state index is -0.512. The Bertz CT molecular complexity index is 687. The second-order valence-electron chi connectivity index (χ2n) is 4.93. The topological polar surface area (TPSA) is 98.7 Å². The van der Waals surface area contributed by atoms with E-state index in [0.29, 0.717) is 17.3 Å². The number of carbonyl (C=O) groups is 3. The molecule has 0 unspecified atom stereocenters. The predicted octanol–water partition coefficient (Wildman–Crippen LogP) is 0.633. The zero-order chi connectivity index (χ0) is 17.0. The summed E-state index contributed by atoms with van der Waals surface area (Å²) in [4.78, 5) is 35.5. The maximum Gasteiger partial charge on any atom is 0.277 e. The molecule has 1 heterocycles. The molecule has 0 bridgehead atoms. The van der Waals surface area contributed by atoms with Crippen LogP contribution in [0.2, 0.25) is 5.02 Å². The van der Waals surface area contributed by atoms with Gasteiger partial charge in [0.1, 0.15) is 5.70 Å². The summed E-state index contributed by atoms with van der Waals surface area (Å²) >= 11 is 6.15. The van der Waals surface area contributed by atoms with E-state index >= 15 is 0 Å². The van der Waals surface area contributed by atoms with Crippen molar-refractivity contribution in [1.29, 1.82) is 0 Å². The van der Waals surface area contributed by atoms with Crippen LogP contribution in [0.25, 0.3) is 0 Å². The number of carbonyl (C=O) groups excluding carboxylic acids is 3. The van der Waals surface area contributed by atoms with Gasteiger partial charge in [0.15, 0.2) is 0 Å². The van der Waals surface area contributed by atoms with Gasteiger partial charge in [0.2, 0.25) is 5.91 Å². The maximum atomic E-state index is 12.0. The molecule has 0 aliphatic carbocycles. The van der Waals surface area contributed by atoms with Crippen LogP contribution in [0.15, 0.2) is 30.0 Å². The lowest BCUT2D eigenvalue weighted by Gasteiger charge is -2.14. The van der Waals surface area contributed by atoms with Crippen molar-refractivity contribution in [2.24, 2.45) is 0 Å². The number of hydrogen-bond acceptors (Lipinski definition) is 5. The van der Waals surface area contributed by atoms with Crippen molar-refractivity contribution in [2.45, 2.75) is 13.5 Å². The van der Waals surface area contributed by atoms with E-state index in [1.54, 1.807) is 18.2 Å². The van der Waals surface area contributed by atoms with Crippen molar-refractivity contribution >= 4 is 35.0 Å². The number of anilines is 1. The Hall–Kier alpha value is -2.38. The smallest absolute Gasteiger partial charge is 0.277 e. The third-order valence-electron chi connectivity index (χ3n) is 3.18. The lowest BCUT2D eigenvalue weighted by Crippen LogP contribution is -2.34. The Morgan fingerprint density at radius 1 is 1.35 bits per heavy atom. The fraction of sp³-hybridized carbons (Fsp3) is 0.267. The summed E-state index contributed by atoms with van der Waals surface area (Å²) in [5, 5.41) is 14.7. The number of rotatable bonds is 6. The van der Waals surface area contributed by atoms with Crippen LogP contribution in [0.1, 0.15) is 12.5 Å². The first-order chi connectivity index (χ1) is 10.9. The van der Waals surface area contributed by atoms with Gasteiger partial charge in [-0.15, -0.1) is 0 Å². The Labute approximate surface area is 137 Å². The summed E-state index contributed by atoms with van der Waals surface area (Å²) in [6.45, 7) is 1.42. The molecule has 1 aliphatic heterocycles. The average molecular weight is 338 g/mol. The molecule has 23 heavy (non-hydrogen) atoms. The van der Waals surface area contributed by atoms with Crippen LogP contribution in [-0.4, -0.2) is 40.9 Å².